The van der Waals surface area contributed by atoms with Crippen molar-refractivity contribution in [3.8, 4) is 0 Å². The minimum Gasteiger partial charge on any atom is -0.466 e. The van der Waals surface area contributed by atoms with Crippen molar-refractivity contribution in [1.82, 2.24) is 0 Å². The van der Waals surface area contributed by atoms with Gasteiger partial charge < -0.3 is 14.2 Å². The molecule has 0 saturated carbocycles. The Labute approximate surface area is 149 Å². The Hall–Kier alpha value is -0.610. The Bertz CT molecular complexity index is 281. The molecule has 0 bridgehead atoms. The van der Waals surface area contributed by atoms with Crippen molar-refractivity contribution in [3.05, 3.63) is 0 Å². The molecule has 0 saturated heterocycles. The minimum atomic E-state index is -0.0544. The number of rotatable bonds is 17. The van der Waals surface area contributed by atoms with E-state index in [0.29, 0.717) is 25.7 Å². The molecule has 0 aliphatic heterocycles. The number of hydrogen-bond acceptors (Lipinski definition) is 4. The molecule has 0 N–H and O–H groups in total. The standard InChI is InChI=1S/C20H40O4/c1-5-18(3)24-17-19(4)23-16-14-12-10-8-7-9-11-13-15-20(21)22-6-2/h18-19H,5-17H2,1-4H3. The Morgan fingerprint density at radius 1 is 0.792 bits per heavy atom. The van der Waals surface area contributed by atoms with Crippen LogP contribution in [0, 0.1) is 0 Å². The second-order valence-corrected chi connectivity index (χ2v) is 6.62. The van der Waals surface area contributed by atoms with Crippen molar-refractivity contribution in [1.29, 1.82) is 0 Å². The lowest BCUT2D eigenvalue weighted by molar-refractivity contribution is -0.143. The van der Waals surface area contributed by atoms with Crippen LogP contribution in [-0.2, 0) is 19.0 Å². The predicted octanol–water partition coefficient (Wildman–Crippen LogP) is 5.28. The zero-order valence-corrected chi connectivity index (χ0v) is 16.5. The highest BCUT2D eigenvalue weighted by atomic mass is 16.5. The molecular formula is C20H40O4. The topological polar surface area (TPSA) is 44.8 Å². The van der Waals surface area contributed by atoms with Gasteiger partial charge >= 0.3 is 5.97 Å². The average molecular weight is 345 g/mol. The fraction of sp³-hybridized carbons (Fsp3) is 0.950. The van der Waals surface area contributed by atoms with E-state index in [1.54, 1.807) is 0 Å². The van der Waals surface area contributed by atoms with Crippen molar-refractivity contribution in [2.24, 2.45) is 0 Å². The molecule has 4 nitrogen and oxygen atoms in total. The number of hydrogen-bond donors (Lipinski definition) is 0. The third-order valence-electron chi connectivity index (χ3n) is 4.17. The van der Waals surface area contributed by atoms with E-state index in [1.807, 2.05) is 6.92 Å². The molecule has 2 unspecified atom stereocenters. The third-order valence-corrected chi connectivity index (χ3v) is 4.17. The molecule has 0 amide bonds. The first-order valence-corrected chi connectivity index (χ1v) is 9.98. The van der Waals surface area contributed by atoms with Crippen LogP contribution in [0.5, 0.6) is 0 Å². The maximum Gasteiger partial charge on any atom is 0.305 e. The van der Waals surface area contributed by atoms with E-state index >= 15 is 0 Å². The number of carbonyl (C=O) groups excluding carboxylic acids is 1. The molecule has 0 heterocycles. The van der Waals surface area contributed by atoms with Gasteiger partial charge in [0.25, 0.3) is 0 Å². The Balaban J connectivity index is 3.21. The van der Waals surface area contributed by atoms with Crippen LogP contribution in [0.3, 0.4) is 0 Å². The Morgan fingerprint density at radius 2 is 1.38 bits per heavy atom. The predicted molar refractivity (Wildman–Crippen MR) is 99.3 cm³/mol. The minimum absolute atomic E-state index is 0.0544. The van der Waals surface area contributed by atoms with Gasteiger partial charge in [0.05, 0.1) is 25.4 Å². The van der Waals surface area contributed by atoms with Gasteiger partial charge in [-0.2, -0.15) is 0 Å². The molecule has 0 fully saturated rings. The summed E-state index contributed by atoms with van der Waals surface area (Å²) in [5.41, 5.74) is 0. The third kappa shape index (κ3) is 16.3. The van der Waals surface area contributed by atoms with Gasteiger partial charge in [0.2, 0.25) is 0 Å². The fourth-order valence-electron chi connectivity index (χ4n) is 2.42. The smallest absolute Gasteiger partial charge is 0.305 e. The highest BCUT2D eigenvalue weighted by Gasteiger charge is 2.05. The van der Waals surface area contributed by atoms with Crippen molar-refractivity contribution in [3.63, 3.8) is 0 Å². The second kappa shape index (κ2) is 17.2. The van der Waals surface area contributed by atoms with Gasteiger partial charge in [0.1, 0.15) is 0 Å². The van der Waals surface area contributed by atoms with E-state index in [-0.39, 0.29) is 12.1 Å². The molecule has 0 radical (unpaired) electrons. The van der Waals surface area contributed by atoms with Crippen molar-refractivity contribution in [2.45, 2.75) is 104 Å². The van der Waals surface area contributed by atoms with Crippen molar-refractivity contribution >= 4 is 5.97 Å². The number of esters is 1. The second-order valence-electron chi connectivity index (χ2n) is 6.62. The molecule has 144 valence electrons. The van der Waals surface area contributed by atoms with Gasteiger partial charge in [-0.3, -0.25) is 4.79 Å². The summed E-state index contributed by atoms with van der Waals surface area (Å²) in [7, 11) is 0. The number of ether oxygens (including phenoxy) is 3. The highest BCUT2D eigenvalue weighted by Crippen LogP contribution is 2.10. The zero-order valence-electron chi connectivity index (χ0n) is 16.5. The van der Waals surface area contributed by atoms with Crippen molar-refractivity contribution in [2.75, 3.05) is 19.8 Å². The molecule has 0 aromatic carbocycles. The summed E-state index contributed by atoms with van der Waals surface area (Å²) in [5, 5.41) is 0. The summed E-state index contributed by atoms with van der Waals surface area (Å²) in [6.45, 7) is 10.2. The van der Waals surface area contributed by atoms with E-state index < -0.39 is 0 Å². The van der Waals surface area contributed by atoms with Gasteiger partial charge in [-0.1, -0.05) is 45.4 Å². The van der Waals surface area contributed by atoms with E-state index in [0.717, 1.165) is 32.3 Å². The first-order chi connectivity index (χ1) is 11.6. The monoisotopic (exact) mass is 344 g/mol. The van der Waals surface area contributed by atoms with Crippen LogP contribution in [-0.4, -0.2) is 38.0 Å². The molecule has 0 aromatic rings. The van der Waals surface area contributed by atoms with E-state index in [1.165, 1.54) is 32.1 Å². The maximum absolute atomic E-state index is 11.2. The maximum atomic E-state index is 11.2. The van der Waals surface area contributed by atoms with Gasteiger partial charge in [0.15, 0.2) is 0 Å². The van der Waals surface area contributed by atoms with Gasteiger partial charge in [-0.25, -0.2) is 0 Å². The summed E-state index contributed by atoms with van der Waals surface area (Å²) < 4.78 is 16.4. The number of unbranched alkanes of at least 4 members (excludes halogenated alkanes) is 7. The molecule has 0 spiro atoms. The van der Waals surface area contributed by atoms with Crippen LogP contribution in [0.4, 0.5) is 0 Å². The molecule has 2 atom stereocenters. The molecule has 0 aliphatic rings. The van der Waals surface area contributed by atoms with Crippen LogP contribution >= 0.6 is 0 Å². The summed E-state index contributed by atoms with van der Waals surface area (Å²) in [6.07, 6.45) is 11.7. The summed E-state index contributed by atoms with van der Waals surface area (Å²) in [4.78, 5) is 11.2. The van der Waals surface area contributed by atoms with Gasteiger partial charge in [-0.05, 0) is 40.0 Å². The summed E-state index contributed by atoms with van der Waals surface area (Å²) in [6, 6.07) is 0. The van der Waals surface area contributed by atoms with Crippen LogP contribution in [0.1, 0.15) is 91.9 Å². The summed E-state index contributed by atoms with van der Waals surface area (Å²) >= 11 is 0. The van der Waals surface area contributed by atoms with Gasteiger partial charge in [0, 0.05) is 13.0 Å². The lowest BCUT2D eigenvalue weighted by atomic mass is 10.1. The SMILES string of the molecule is CCOC(=O)CCCCCCCCCCOC(C)COC(C)CC. The first kappa shape index (κ1) is 23.4. The first-order valence-electron chi connectivity index (χ1n) is 9.98. The van der Waals surface area contributed by atoms with Crippen LogP contribution in [0.15, 0.2) is 0 Å². The lowest BCUT2D eigenvalue weighted by Gasteiger charge is -2.16. The van der Waals surface area contributed by atoms with Crippen LogP contribution < -0.4 is 0 Å². The fourth-order valence-corrected chi connectivity index (χ4v) is 2.42. The molecular weight excluding hydrogens is 304 g/mol. The van der Waals surface area contributed by atoms with Crippen LogP contribution in [0.25, 0.3) is 0 Å². The van der Waals surface area contributed by atoms with E-state index in [9.17, 15) is 4.79 Å². The van der Waals surface area contributed by atoms with E-state index in [4.69, 9.17) is 14.2 Å². The normalized spacial score (nSPS) is 13.7. The molecule has 0 aromatic heterocycles. The van der Waals surface area contributed by atoms with E-state index in [2.05, 4.69) is 20.8 Å². The lowest BCUT2D eigenvalue weighted by Crippen LogP contribution is -2.20. The molecule has 0 rings (SSSR count). The Morgan fingerprint density at radius 3 is 1.96 bits per heavy atom. The molecule has 4 heteroatoms. The molecule has 24 heavy (non-hydrogen) atoms. The van der Waals surface area contributed by atoms with Crippen molar-refractivity contribution < 1.29 is 19.0 Å². The Kier molecular flexibility index (Phi) is 16.8. The highest BCUT2D eigenvalue weighted by molar-refractivity contribution is 5.69. The van der Waals surface area contributed by atoms with Gasteiger partial charge in [-0.15, -0.1) is 0 Å². The van der Waals surface area contributed by atoms with Crippen LogP contribution in [0.2, 0.25) is 0 Å². The largest absolute Gasteiger partial charge is 0.466 e. The summed E-state index contributed by atoms with van der Waals surface area (Å²) in [5.74, 6) is -0.0544. The zero-order chi connectivity index (χ0) is 18.0. The quantitative estimate of drug-likeness (QED) is 0.266. The average Bonchev–Trinajstić information content (AvgIpc) is 2.57. The number of carbonyl (C=O) groups is 1. The molecule has 0 aliphatic carbocycles.